The maximum Gasteiger partial charge on any atom is 0.238 e. The van der Waals surface area contributed by atoms with Gasteiger partial charge in [-0.3, -0.25) is 9.59 Å². The molecule has 1 aliphatic carbocycles. The zero-order valence-corrected chi connectivity index (χ0v) is 12.2. The van der Waals surface area contributed by atoms with Gasteiger partial charge in [-0.05, 0) is 32.3 Å². The normalized spacial score (nSPS) is 15.5. The Morgan fingerprint density at radius 1 is 1.15 bits per heavy atom. The highest BCUT2D eigenvalue weighted by Crippen LogP contribution is 2.47. The standard InChI is InChI=1S/C16H22N2O2/c1-3-18(4-2)15(20)16(10-11-16)14(19)17-12-13-8-6-5-7-9-13/h5-9H,3-4,10-12H2,1-2H3,(H,17,19). The van der Waals surface area contributed by atoms with Crippen molar-refractivity contribution >= 4 is 11.8 Å². The number of nitrogens with one attached hydrogen (secondary N) is 1. The fourth-order valence-corrected chi connectivity index (χ4v) is 2.42. The monoisotopic (exact) mass is 274 g/mol. The summed E-state index contributed by atoms with van der Waals surface area (Å²) in [6.07, 6.45) is 1.34. The molecule has 4 heteroatoms. The fraction of sp³-hybridized carbons (Fsp3) is 0.500. The van der Waals surface area contributed by atoms with Crippen molar-refractivity contribution in [2.24, 2.45) is 5.41 Å². The van der Waals surface area contributed by atoms with Gasteiger partial charge < -0.3 is 10.2 Å². The van der Waals surface area contributed by atoms with Gasteiger partial charge in [-0.25, -0.2) is 0 Å². The van der Waals surface area contributed by atoms with E-state index >= 15 is 0 Å². The van der Waals surface area contributed by atoms with Gasteiger partial charge in [-0.15, -0.1) is 0 Å². The van der Waals surface area contributed by atoms with Crippen LogP contribution in [0.2, 0.25) is 0 Å². The Balaban J connectivity index is 1.96. The fourth-order valence-electron chi connectivity index (χ4n) is 2.42. The van der Waals surface area contributed by atoms with Crippen LogP contribution in [0.3, 0.4) is 0 Å². The summed E-state index contributed by atoms with van der Waals surface area (Å²) in [5, 5.41) is 2.90. The Labute approximate surface area is 120 Å². The molecular formula is C16H22N2O2. The van der Waals surface area contributed by atoms with E-state index in [1.807, 2.05) is 44.2 Å². The zero-order chi connectivity index (χ0) is 14.6. The minimum absolute atomic E-state index is 0.0203. The van der Waals surface area contributed by atoms with Crippen LogP contribution in [0.25, 0.3) is 0 Å². The first kappa shape index (κ1) is 14.6. The van der Waals surface area contributed by atoms with Gasteiger partial charge in [0.1, 0.15) is 5.41 Å². The van der Waals surface area contributed by atoms with Crippen LogP contribution in [0.5, 0.6) is 0 Å². The number of rotatable bonds is 6. The van der Waals surface area contributed by atoms with Gasteiger partial charge in [-0.1, -0.05) is 30.3 Å². The van der Waals surface area contributed by atoms with Crippen LogP contribution in [0.4, 0.5) is 0 Å². The van der Waals surface area contributed by atoms with E-state index in [2.05, 4.69) is 5.32 Å². The van der Waals surface area contributed by atoms with Crippen molar-refractivity contribution in [2.45, 2.75) is 33.2 Å². The Morgan fingerprint density at radius 3 is 2.25 bits per heavy atom. The van der Waals surface area contributed by atoms with Crippen molar-refractivity contribution < 1.29 is 9.59 Å². The number of benzene rings is 1. The average molecular weight is 274 g/mol. The number of amides is 2. The van der Waals surface area contributed by atoms with E-state index in [9.17, 15) is 9.59 Å². The molecule has 1 aromatic carbocycles. The molecule has 1 aliphatic rings. The third-order valence-corrected chi connectivity index (χ3v) is 3.94. The second-order valence-electron chi connectivity index (χ2n) is 5.23. The number of carbonyl (C=O) groups excluding carboxylic acids is 2. The summed E-state index contributed by atoms with van der Waals surface area (Å²) in [6, 6.07) is 9.75. The van der Waals surface area contributed by atoms with Crippen LogP contribution in [0.1, 0.15) is 32.3 Å². The van der Waals surface area contributed by atoms with Gasteiger partial charge in [0.2, 0.25) is 11.8 Å². The number of hydrogen-bond donors (Lipinski definition) is 1. The summed E-state index contributed by atoms with van der Waals surface area (Å²) in [6.45, 7) is 5.68. The van der Waals surface area contributed by atoms with E-state index in [1.54, 1.807) is 4.90 Å². The summed E-state index contributed by atoms with van der Waals surface area (Å²) in [7, 11) is 0. The molecule has 0 aromatic heterocycles. The van der Waals surface area contributed by atoms with E-state index in [4.69, 9.17) is 0 Å². The van der Waals surface area contributed by atoms with E-state index < -0.39 is 5.41 Å². The Hall–Kier alpha value is -1.84. The lowest BCUT2D eigenvalue weighted by atomic mass is 10.0. The van der Waals surface area contributed by atoms with Crippen molar-refractivity contribution in [1.29, 1.82) is 0 Å². The molecule has 1 aromatic rings. The van der Waals surface area contributed by atoms with E-state index in [1.165, 1.54) is 0 Å². The average Bonchev–Trinajstić information content (AvgIpc) is 3.28. The SMILES string of the molecule is CCN(CC)C(=O)C1(C(=O)NCc2ccccc2)CC1. The lowest BCUT2D eigenvalue weighted by molar-refractivity contribution is -0.144. The third-order valence-electron chi connectivity index (χ3n) is 3.94. The van der Waals surface area contributed by atoms with Crippen molar-refractivity contribution in [3.8, 4) is 0 Å². The predicted octanol–water partition coefficient (Wildman–Crippen LogP) is 1.95. The molecular weight excluding hydrogens is 252 g/mol. The van der Waals surface area contributed by atoms with Crippen LogP contribution in [0.15, 0.2) is 30.3 Å². The highest BCUT2D eigenvalue weighted by atomic mass is 16.2. The van der Waals surface area contributed by atoms with Crippen LogP contribution < -0.4 is 5.32 Å². The zero-order valence-electron chi connectivity index (χ0n) is 12.2. The van der Waals surface area contributed by atoms with Crippen molar-refractivity contribution in [3.05, 3.63) is 35.9 Å². The van der Waals surface area contributed by atoms with Gasteiger partial charge in [0.25, 0.3) is 0 Å². The second kappa shape index (κ2) is 6.07. The second-order valence-corrected chi connectivity index (χ2v) is 5.23. The van der Waals surface area contributed by atoms with E-state index in [-0.39, 0.29) is 11.8 Å². The number of hydrogen-bond acceptors (Lipinski definition) is 2. The first-order valence-electron chi connectivity index (χ1n) is 7.25. The van der Waals surface area contributed by atoms with Crippen LogP contribution >= 0.6 is 0 Å². The molecule has 0 heterocycles. The highest BCUT2D eigenvalue weighted by molar-refractivity contribution is 6.07. The molecule has 108 valence electrons. The molecule has 1 N–H and O–H groups in total. The molecule has 0 aliphatic heterocycles. The Morgan fingerprint density at radius 2 is 1.75 bits per heavy atom. The minimum Gasteiger partial charge on any atom is -0.351 e. The topological polar surface area (TPSA) is 49.4 Å². The van der Waals surface area contributed by atoms with Crippen molar-refractivity contribution in [3.63, 3.8) is 0 Å². The lowest BCUT2D eigenvalue weighted by Crippen LogP contribution is -2.45. The maximum atomic E-state index is 12.4. The minimum atomic E-state index is -0.791. The van der Waals surface area contributed by atoms with Gasteiger partial charge in [0.15, 0.2) is 0 Å². The highest BCUT2D eigenvalue weighted by Gasteiger charge is 2.57. The van der Waals surface area contributed by atoms with Gasteiger partial charge in [-0.2, -0.15) is 0 Å². The quantitative estimate of drug-likeness (QED) is 0.806. The molecule has 0 unspecified atom stereocenters. The summed E-state index contributed by atoms with van der Waals surface area (Å²) in [5.74, 6) is -0.147. The van der Waals surface area contributed by atoms with Gasteiger partial charge >= 0.3 is 0 Å². The van der Waals surface area contributed by atoms with Crippen LogP contribution in [0, 0.1) is 5.41 Å². The Bertz CT molecular complexity index is 477. The number of carbonyl (C=O) groups is 2. The van der Waals surface area contributed by atoms with Crippen LogP contribution in [-0.2, 0) is 16.1 Å². The van der Waals surface area contributed by atoms with Crippen LogP contribution in [-0.4, -0.2) is 29.8 Å². The van der Waals surface area contributed by atoms with Crippen molar-refractivity contribution in [1.82, 2.24) is 10.2 Å². The Kier molecular flexibility index (Phi) is 4.42. The van der Waals surface area contributed by atoms with E-state index in [0.29, 0.717) is 32.5 Å². The first-order chi connectivity index (χ1) is 9.64. The third kappa shape index (κ3) is 2.84. The molecule has 0 atom stereocenters. The lowest BCUT2D eigenvalue weighted by Gasteiger charge is -2.24. The molecule has 4 nitrogen and oxygen atoms in total. The smallest absolute Gasteiger partial charge is 0.238 e. The van der Waals surface area contributed by atoms with E-state index in [0.717, 1.165) is 5.56 Å². The van der Waals surface area contributed by atoms with Gasteiger partial charge in [0, 0.05) is 19.6 Å². The molecule has 2 rings (SSSR count). The molecule has 0 saturated heterocycles. The molecule has 20 heavy (non-hydrogen) atoms. The molecule has 1 saturated carbocycles. The molecule has 1 fully saturated rings. The largest absolute Gasteiger partial charge is 0.351 e. The first-order valence-corrected chi connectivity index (χ1v) is 7.25. The summed E-state index contributed by atoms with van der Waals surface area (Å²) in [4.78, 5) is 26.5. The van der Waals surface area contributed by atoms with Gasteiger partial charge in [0.05, 0.1) is 0 Å². The molecule has 0 bridgehead atoms. The molecule has 0 spiro atoms. The summed E-state index contributed by atoms with van der Waals surface area (Å²) >= 11 is 0. The number of nitrogens with zero attached hydrogens (tertiary/aromatic N) is 1. The predicted molar refractivity (Wildman–Crippen MR) is 77.9 cm³/mol. The molecule has 0 radical (unpaired) electrons. The molecule has 2 amide bonds. The maximum absolute atomic E-state index is 12.4. The summed E-state index contributed by atoms with van der Waals surface area (Å²) in [5.41, 5.74) is 0.257. The summed E-state index contributed by atoms with van der Waals surface area (Å²) < 4.78 is 0. The van der Waals surface area contributed by atoms with Crippen molar-refractivity contribution in [2.75, 3.05) is 13.1 Å².